The minimum Gasteiger partial charge on any atom is -0.346 e. The molecular formula is C15H18N6O. The SMILES string of the molecule is CCCn1cc(C(=O)NCc2[nH]nc3ncccc23)c(C)n1. The predicted molar refractivity (Wildman–Crippen MR) is 82.3 cm³/mol. The van der Waals surface area contributed by atoms with Gasteiger partial charge in [-0.15, -0.1) is 0 Å². The van der Waals surface area contributed by atoms with E-state index in [-0.39, 0.29) is 5.91 Å². The van der Waals surface area contributed by atoms with Crippen LogP contribution in [-0.4, -0.2) is 30.9 Å². The maximum atomic E-state index is 12.3. The van der Waals surface area contributed by atoms with Crippen LogP contribution in [0.15, 0.2) is 24.5 Å². The van der Waals surface area contributed by atoms with E-state index in [0.29, 0.717) is 17.8 Å². The van der Waals surface area contributed by atoms with Gasteiger partial charge in [0.05, 0.1) is 23.5 Å². The molecule has 3 rings (SSSR count). The van der Waals surface area contributed by atoms with Gasteiger partial charge in [0.2, 0.25) is 0 Å². The second-order valence-corrected chi connectivity index (χ2v) is 5.15. The number of hydrogen-bond donors (Lipinski definition) is 2. The number of nitrogens with zero attached hydrogens (tertiary/aromatic N) is 4. The van der Waals surface area contributed by atoms with Crippen LogP contribution in [0.4, 0.5) is 0 Å². The van der Waals surface area contributed by atoms with Crippen molar-refractivity contribution in [3.8, 4) is 0 Å². The zero-order valence-corrected chi connectivity index (χ0v) is 12.6. The van der Waals surface area contributed by atoms with Crippen molar-refractivity contribution in [2.24, 2.45) is 0 Å². The first kappa shape index (κ1) is 14.2. The topological polar surface area (TPSA) is 88.5 Å². The second-order valence-electron chi connectivity index (χ2n) is 5.15. The van der Waals surface area contributed by atoms with Crippen LogP contribution in [0, 0.1) is 6.92 Å². The van der Waals surface area contributed by atoms with Crippen molar-refractivity contribution in [1.29, 1.82) is 0 Å². The molecule has 0 fully saturated rings. The van der Waals surface area contributed by atoms with Gasteiger partial charge in [0.25, 0.3) is 5.91 Å². The molecule has 22 heavy (non-hydrogen) atoms. The van der Waals surface area contributed by atoms with Crippen molar-refractivity contribution in [3.63, 3.8) is 0 Å². The highest BCUT2D eigenvalue weighted by atomic mass is 16.1. The van der Waals surface area contributed by atoms with Gasteiger partial charge >= 0.3 is 0 Å². The number of fused-ring (bicyclic) bond motifs is 1. The molecule has 0 bridgehead atoms. The molecule has 0 saturated heterocycles. The molecule has 3 heterocycles. The van der Waals surface area contributed by atoms with Crippen molar-refractivity contribution in [1.82, 2.24) is 30.3 Å². The Kier molecular flexibility index (Phi) is 3.86. The van der Waals surface area contributed by atoms with Crippen molar-refractivity contribution >= 4 is 16.9 Å². The zero-order chi connectivity index (χ0) is 15.5. The van der Waals surface area contributed by atoms with Crippen LogP contribution in [0.5, 0.6) is 0 Å². The average Bonchev–Trinajstić information content (AvgIpc) is 3.09. The van der Waals surface area contributed by atoms with E-state index in [1.807, 2.05) is 19.1 Å². The van der Waals surface area contributed by atoms with Crippen LogP contribution in [0.25, 0.3) is 11.0 Å². The number of aromatic amines is 1. The zero-order valence-electron chi connectivity index (χ0n) is 12.6. The summed E-state index contributed by atoms with van der Waals surface area (Å²) in [5.74, 6) is -0.133. The maximum Gasteiger partial charge on any atom is 0.255 e. The van der Waals surface area contributed by atoms with Gasteiger partial charge in [0.15, 0.2) is 5.65 Å². The molecule has 0 aliphatic carbocycles. The maximum absolute atomic E-state index is 12.3. The van der Waals surface area contributed by atoms with E-state index in [1.54, 1.807) is 17.1 Å². The molecule has 114 valence electrons. The van der Waals surface area contributed by atoms with Crippen LogP contribution < -0.4 is 5.32 Å². The summed E-state index contributed by atoms with van der Waals surface area (Å²) in [6.07, 6.45) is 4.47. The van der Waals surface area contributed by atoms with E-state index in [9.17, 15) is 4.79 Å². The minimum atomic E-state index is -0.133. The molecule has 0 saturated carbocycles. The lowest BCUT2D eigenvalue weighted by Crippen LogP contribution is -2.23. The third kappa shape index (κ3) is 2.69. The molecule has 1 amide bonds. The summed E-state index contributed by atoms with van der Waals surface area (Å²) in [6.45, 7) is 5.11. The standard InChI is InChI=1S/C15H18N6O/c1-3-7-21-9-12(10(2)20-21)15(22)17-8-13-11-5-4-6-16-14(11)19-18-13/h4-6,9H,3,7-8H2,1-2H3,(H,17,22)(H,16,18,19). The van der Waals surface area contributed by atoms with Gasteiger partial charge in [-0.25, -0.2) is 4.98 Å². The fourth-order valence-corrected chi connectivity index (χ4v) is 2.39. The number of pyridine rings is 1. The van der Waals surface area contributed by atoms with Crippen LogP contribution in [0.3, 0.4) is 0 Å². The van der Waals surface area contributed by atoms with E-state index in [1.165, 1.54) is 0 Å². The Morgan fingerprint density at radius 3 is 3.14 bits per heavy atom. The Hall–Kier alpha value is -2.70. The minimum absolute atomic E-state index is 0.133. The van der Waals surface area contributed by atoms with Gasteiger partial charge < -0.3 is 5.32 Å². The normalized spacial score (nSPS) is 11.0. The van der Waals surface area contributed by atoms with Gasteiger partial charge in [-0.05, 0) is 25.5 Å². The quantitative estimate of drug-likeness (QED) is 0.751. The summed E-state index contributed by atoms with van der Waals surface area (Å²) in [5.41, 5.74) is 2.84. The first-order valence-corrected chi connectivity index (χ1v) is 7.29. The highest BCUT2D eigenvalue weighted by Gasteiger charge is 2.14. The van der Waals surface area contributed by atoms with Crippen LogP contribution in [0.1, 0.15) is 35.1 Å². The number of H-pyrrole nitrogens is 1. The monoisotopic (exact) mass is 298 g/mol. The summed E-state index contributed by atoms with van der Waals surface area (Å²) < 4.78 is 1.81. The van der Waals surface area contributed by atoms with Gasteiger partial charge in [-0.2, -0.15) is 10.2 Å². The smallest absolute Gasteiger partial charge is 0.255 e. The summed E-state index contributed by atoms with van der Waals surface area (Å²) in [5, 5.41) is 15.2. The molecule has 0 unspecified atom stereocenters. The number of aromatic nitrogens is 5. The summed E-state index contributed by atoms with van der Waals surface area (Å²) in [7, 11) is 0. The van der Waals surface area contributed by atoms with Crippen molar-refractivity contribution in [2.75, 3.05) is 0 Å². The van der Waals surface area contributed by atoms with E-state index in [0.717, 1.165) is 29.7 Å². The van der Waals surface area contributed by atoms with Crippen LogP contribution >= 0.6 is 0 Å². The molecule has 0 spiro atoms. The van der Waals surface area contributed by atoms with Crippen molar-refractivity contribution < 1.29 is 4.79 Å². The van der Waals surface area contributed by atoms with Crippen LogP contribution in [0.2, 0.25) is 0 Å². The molecule has 0 atom stereocenters. The van der Waals surface area contributed by atoms with E-state index in [2.05, 4.69) is 32.5 Å². The highest BCUT2D eigenvalue weighted by Crippen LogP contribution is 2.13. The summed E-state index contributed by atoms with van der Waals surface area (Å²) >= 11 is 0. The Bertz CT molecular complexity index is 803. The number of amides is 1. The predicted octanol–water partition coefficient (Wildman–Crippen LogP) is 1.80. The van der Waals surface area contributed by atoms with E-state index < -0.39 is 0 Å². The lowest BCUT2D eigenvalue weighted by Gasteiger charge is -2.02. The molecule has 2 N–H and O–H groups in total. The largest absolute Gasteiger partial charge is 0.346 e. The lowest BCUT2D eigenvalue weighted by molar-refractivity contribution is 0.0950. The summed E-state index contributed by atoms with van der Waals surface area (Å²) in [4.78, 5) is 16.5. The Morgan fingerprint density at radius 1 is 1.45 bits per heavy atom. The Labute approximate surface area is 127 Å². The highest BCUT2D eigenvalue weighted by molar-refractivity contribution is 5.95. The van der Waals surface area contributed by atoms with E-state index >= 15 is 0 Å². The number of carbonyl (C=O) groups excluding carboxylic acids is 1. The fourth-order valence-electron chi connectivity index (χ4n) is 2.39. The van der Waals surface area contributed by atoms with Gasteiger partial charge in [0.1, 0.15) is 0 Å². The van der Waals surface area contributed by atoms with Crippen molar-refractivity contribution in [3.05, 3.63) is 41.5 Å². The third-order valence-electron chi connectivity index (χ3n) is 3.48. The average molecular weight is 298 g/mol. The number of hydrogen-bond acceptors (Lipinski definition) is 4. The third-order valence-corrected chi connectivity index (χ3v) is 3.48. The van der Waals surface area contributed by atoms with E-state index in [4.69, 9.17) is 0 Å². The second kappa shape index (κ2) is 5.97. The molecule has 0 radical (unpaired) electrons. The number of carbonyl (C=O) groups is 1. The molecule has 7 heteroatoms. The van der Waals surface area contributed by atoms with Crippen molar-refractivity contribution in [2.45, 2.75) is 33.4 Å². The molecule has 3 aromatic rings. The molecular weight excluding hydrogens is 280 g/mol. The lowest BCUT2D eigenvalue weighted by atomic mass is 10.2. The van der Waals surface area contributed by atoms with Gasteiger partial charge in [-0.3, -0.25) is 14.6 Å². The number of nitrogens with one attached hydrogen (secondary N) is 2. The Morgan fingerprint density at radius 2 is 2.32 bits per heavy atom. The first-order chi connectivity index (χ1) is 10.7. The first-order valence-electron chi connectivity index (χ1n) is 7.29. The van der Waals surface area contributed by atoms with Gasteiger partial charge in [0, 0.05) is 24.3 Å². The fraction of sp³-hybridized carbons (Fsp3) is 0.333. The summed E-state index contributed by atoms with van der Waals surface area (Å²) in [6, 6.07) is 3.78. The molecule has 3 aromatic heterocycles. The molecule has 0 aliphatic rings. The molecule has 0 aromatic carbocycles. The molecule has 7 nitrogen and oxygen atoms in total. The van der Waals surface area contributed by atoms with Crippen LogP contribution in [-0.2, 0) is 13.1 Å². The Balaban J connectivity index is 1.72. The number of rotatable bonds is 5. The number of aryl methyl sites for hydroxylation is 2. The van der Waals surface area contributed by atoms with Gasteiger partial charge in [-0.1, -0.05) is 6.92 Å². The molecule has 0 aliphatic heterocycles.